The summed E-state index contributed by atoms with van der Waals surface area (Å²) in [6.45, 7) is 6.01. The molecular formula is C14H19N3O2S. The molecule has 0 aliphatic heterocycles. The molecule has 0 saturated carbocycles. The van der Waals surface area contributed by atoms with Crippen LogP contribution in [0.1, 0.15) is 32.4 Å². The standard InChI is InChI=1S/C14H19N3O2S/c1-14(2,3)13(11-7-5-4-6-8-11)17-20(18,19)12-9-15-16-10-12/h4-10,13,17H,1-3H3,(H,15,16). The Morgan fingerprint density at radius 3 is 2.35 bits per heavy atom. The van der Waals surface area contributed by atoms with Gasteiger partial charge in [-0.25, -0.2) is 13.1 Å². The third-order valence-corrected chi connectivity index (χ3v) is 4.45. The number of hydrogen-bond donors (Lipinski definition) is 2. The van der Waals surface area contributed by atoms with Crippen LogP contribution in [0, 0.1) is 5.41 Å². The lowest BCUT2D eigenvalue weighted by molar-refractivity contribution is 0.304. The van der Waals surface area contributed by atoms with Crippen LogP contribution in [0.3, 0.4) is 0 Å². The second kappa shape index (κ2) is 5.38. The van der Waals surface area contributed by atoms with Crippen LogP contribution in [-0.2, 0) is 10.0 Å². The number of nitrogens with zero attached hydrogens (tertiary/aromatic N) is 1. The minimum absolute atomic E-state index is 0.141. The van der Waals surface area contributed by atoms with Crippen molar-refractivity contribution >= 4 is 10.0 Å². The van der Waals surface area contributed by atoms with Gasteiger partial charge in [0.15, 0.2) is 0 Å². The highest BCUT2D eigenvalue weighted by Gasteiger charge is 2.31. The average molecular weight is 293 g/mol. The number of H-pyrrole nitrogens is 1. The van der Waals surface area contributed by atoms with Crippen molar-refractivity contribution in [2.75, 3.05) is 0 Å². The minimum Gasteiger partial charge on any atom is -0.284 e. The van der Waals surface area contributed by atoms with Gasteiger partial charge in [0.1, 0.15) is 4.90 Å². The normalized spacial score (nSPS) is 14.2. The fourth-order valence-electron chi connectivity index (χ4n) is 2.00. The highest BCUT2D eigenvalue weighted by Crippen LogP contribution is 2.33. The molecular weight excluding hydrogens is 274 g/mol. The van der Waals surface area contributed by atoms with E-state index < -0.39 is 10.0 Å². The first-order valence-electron chi connectivity index (χ1n) is 6.37. The molecule has 2 rings (SSSR count). The number of aromatic nitrogens is 2. The summed E-state index contributed by atoms with van der Waals surface area (Å²) < 4.78 is 27.5. The van der Waals surface area contributed by atoms with E-state index in [-0.39, 0.29) is 16.4 Å². The Hall–Kier alpha value is -1.66. The second-order valence-electron chi connectivity index (χ2n) is 5.77. The first-order valence-corrected chi connectivity index (χ1v) is 7.85. The van der Waals surface area contributed by atoms with Gasteiger partial charge in [0, 0.05) is 6.20 Å². The molecule has 0 bridgehead atoms. The second-order valence-corrected chi connectivity index (χ2v) is 7.48. The Balaban J connectivity index is 2.36. The van der Waals surface area contributed by atoms with Crippen LogP contribution < -0.4 is 4.72 Å². The van der Waals surface area contributed by atoms with Gasteiger partial charge in [-0.05, 0) is 11.0 Å². The smallest absolute Gasteiger partial charge is 0.244 e. The van der Waals surface area contributed by atoms with Gasteiger partial charge in [-0.2, -0.15) is 5.10 Å². The molecule has 1 atom stereocenters. The van der Waals surface area contributed by atoms with Crippen LogP contribution in [0.15, 0.2) is 47.6 Å². The van der Waals surface area contributed by atoms with E-state index in [9.17, 15) is 8.42 Å². The van der Waals surface area contributed by atoms with Gasteiger partial charge < -0.3 is 0 Å². The van der Waals surface area contributed by atoms with E-state index in [4.69, 9.17) is 0 Å². The molecule has 0 spiro atoms. The number of aromatic amines is 1. The number of benzene rings is 1. The molecule has 1 unspecified atom stereocenters. The summed E-state index contributed by atoms with van der Waals surface area (Å²) in [6, 6.07) is 9.25. The zero-order valence-corrected chi connectivity index (χ0v) is 12.6. The maximum atomic E-state index is 12.4. The van der Waals surface area contributed by atoms with Crippen molar-refractivity contribution in [1.82, 2.24) is 14.9 Å². The zero-order valence-electron chi connectivity index (χ0n) is 11.8. The van der Waals surface area contributed by atoms with Crippen molar-refractivity contribution < 1.29 is 8.42 Å². The maximum absolute atomic E-state index is 12.4. The lowest BCUT2D eigenvalue weighted by Gasteiger charge is -2.31. The molecule has 0 aliphatic carbocycles. The average Bonchev–Trinajstić information content (AvgIpc) is 2.90. The van der Waals surface area contributed by atoms with Gasteiger partial charge in [-0.15, -0.1) is 0 Å². The zero-order chi connectivity index (χ0) is 14.8. The molecule has 1 aromatic heterocycles. The van der Waals surface area contributed by atoms with Gasteiger partial charge in [0.25, 0.3) is 0 Å². The lowest BCUT2D eigenvalue weighted by Crippen LogP contribution is -2.36. The number of sulfonamides is 1. The summed E-state index contributed by atoms with van der Waals surface area (Å²) in [4.78, 5) is 0.141. The number of nitrogens with one attached hydrogen (secondary N) is 2. The molecule has 1 heterocycles. The number of hydrogen-bond acceptors (Lipinski definition) is 3. The largest absolute Gasteiger partial charge is 0.284 e. The summed E-state index contributed by atoms with van der Waals surface area (Å²) in [6.07, 6.45) is 2.67. The first kappa shape index (κ1) is 14.7. The van der Waals surface area contributed by atoms with E-state index in [1.165, 1.54) is 12.4 Å². The van der Waals surface area contributed by atoms with Crippen LogP contribution in [0.25, 0.3) is 0 Å². The molecule has 0 radical (unpaired) electrons. The van der Waals surface area contributed by atoms with E-state index in [0.717, 1.165) is 5.56 Å². The van der Waals surface area contributed by atoms with E-state index in [0.29, 0.717) is 0 Å². The van der Waals surface area contributed by atoms with Gasteiger partial charge in [0.2, 0.25) is 10.0 Å². The summed E-state index contributed by atoms with van der Waals surface area (Å²) in [5.74, 6) is 0. The van der Waals surface area contributed by atoms with Crippen molar-refractivity contribution in [3.63, 3.8) is 0 Å². The monoisotopic (exact) mass is 293 g/mol. The van der Waals surface area contributed by atoms with Gasteiger partial charge in [-0.3, -0.25) is 5.10 Å². The van der Waals surface area contributed by atoms with Crippen LogP contribution in [-0.4, -0.2) is 18.6 Å². The van der Waals surface area contributed by atoms with Crippen molar-refractivity contribution in [3.8, 4) is 0 Å². The fourth-order valence-corrected chi connectivity index (χ4v) is 3.33. The number of rotatable bonds is 4. The van der Waals surface area contributed by atoms with Crippen molar-refractivity contribution in [3.05, 3.63) is 48.3 Å². The molecule has 0 saturated heterocycles. The summed E-state index contributed by atoms with van der Waals surface area (Å²) >= 11 is 0. The Labute approximate surface area is 119 Å². The van der Waals surface area contributed by atoms with E-state index in [1.54, 1.807) is 0 Å². The Kier molecular flexibility index (Phi) is 3.96. The maximum Gasteiger partial charge on any atom is 0.244 e. The predicted molar refractivity (Wildman–Crippen MR) is 77.5 cm³/mol. The third-order valence-electron chi connectivity index (χ3n) is 3.06. The van der Waals surface area contributed by atoms with Crippen molar-refractivity contribution in [2.24, 2.45) is 5.41 Å². The lowest BCUT2D eigenvalue weighted by atomic mass is 9.83. The molecule has 0 amide bonds. The quantitative estimate of drug-likeness (QED) is 0.909. The minimum atomic E-state index is -3.59. The first-order chi connectivity index (χ1) is 9.31. The van der Waals surface area contributed by atoms with Crippen molar-refractivity contribution in [2.45, 2.75) is 31.7 Å². The van der Waals surface area contributed by atoms with E-state index >= 15 is 0 Å². The Bertz CT molecular complexity index is 643. The Morgan fingerprint density at radius 2 is 1.85 bits per heavy atom. The van der Waals surface area contributed by atoms with Gasteiger partial charge in [0.05, 0.1) is 12.2 Å². The van der Waals surface area contributed by atoms with Crippen molar-refractivity contribution in [1.29, 1.82) is 0 Å². The molecule has 1 aromatic carbocycles. The molecule has 2 N–H and O–H groups in total. The summed E-state index contributed by atoms with van der Waals surface area (Å²) in [7, 11) is -3.59. The predicted octanol–water partition coefficient (Wildman–Crippen LogP) is 2.48. The molecule has 0 fully saturated rings. The van der Waals surface area contributed by atoms with Crippen LogP contribution in [0.5, 0.6) is 0 Å². The van der Waals surface area contributed by atoms with E-state index in [1.807, 2.05) is 51.1 Å². The van der Waals surface area contributed by atoms with Crippen LogP contribution >= 0.6 is 0 Å². The molecule has 0 aliphatic rings. The Morgan fingerprint density at radius 1 is 1.20 bits per heavy atom. The van der Waals surface area contributed by atoms with Crippen LogP contribution in [0.4, 0.5) is 0 Å². The topological polar surface area (TPSA) is 74.8 Å². The van der Waals surface area contributed by atoms with E-state index in [2.05, 4.69) is 14.9 Å². The molecule has 6 heteroatoms. The van der Waals surface area contributed by atoms with Crippen LogP contribution in [0.2, 0.25) is 0 Å². The fraction of sp³-hybridized carbons (Fsp3) is 0.357. The third kappa shape index (κ3) is 3.26. The summed E-state index contributed by atoms with van der Waals surface area (Å²) in [5, 5.41) is 6.20. The van der Waals surface area contributed by atoms with Gasteiger partial charge >= 0.3 is 0 Å². The SMILES string of the molecule is CC(C)(C)C(NS(=O)(=O)c1cn[nH]c1)c1ccccc1. The molecule has 108 valence electrons. The highest BCUT2D eigenvalue weighted by molar-refractivity contribution is 7.89. The molecule has 2 aromatic rings. The molecule has 20 heavy (non-hydrogen) atoms. The summed E-state index contributed by atoms with van der Waals surface area (Å²) in [5.41, 5.74) is 0.685. The highest BCUT2D eigenvalue weighted by atomic mass is 32.2. The molecule has 5 nitrogen and oxygen atoms in total. The van der Waals surface area contributed by atoms with Gasteiger partial charge in [-0.1, -0.05) is 51.1 Å².